The molecule has 0 spiro atoms. The van der Waals surface area contributed by atoms with Gasteiger partial charge in [0.2, 0.25) is 5.91 Å². The van der Waals surface area contributed by atoms with Gasteiger partial charge < -0.3 is 14.6 Å². The molecule has 1 atom stereocenters. The van der Waals surface area contributed by atoms with Gasteiger partial charge in [0.15, 0.2) is 0 Å². The Bertz CT molecular complexity index is 865. The number of nitrogens with one attached hydrogen (secondary N) is 1. The molecule has 1 aromatic heterocycles. The van der Waals surface area contributed by atoms with Crippen LogP contribution in [0.4, 0.5) is 0 Å². The molecule has 4 heteroatoms. The lowest BCUT2D eigenvalue weighted by molar-refractivity contribution is -0.122. The zero-order chi connectivity index (χ0) is 17.8. The van der Waals surface area contributed by atoms with Crippen LogP contribution in [0.25, 0.3) is 10.9 Å². The fourth-order valence-corrected chi connectivity index (χ4v) is 3.20. The van der Waals surface area contributed by atoms with Crippen molar-refractivity contribution in [2.45, 2.75) is 32.9 Å². The first-order valence-electron chi connectivity index (χ1n) is 8.60. The van der Waals surface area contributed by atoms with Gasteiger partial charge in [-0.2, -0.15) is 0 Å². The number of ether oxygens (including phenoxy) is 1. The number of carbonyl (C=O) groups excluding carboxylic acids is 1. The van der Waals surface area contributed by atoms with E-state index in [9.17, 15) is 4.79 Å². The van der Waals surface area contributed by atoms with E-state index in [0.29, 0.717) is 6.54 Å². The first-order chi connectivity index (χ1) is 12.1. The van der Waals surface area contributed by atoms with Gasteiger partial charge in [0.25, 0.3) is 0 Å². The lowest BCUT2D eigenvalue weighted by Gasteiger charge is -2.19. The number of methoxy groups -OCH3 is 1. The third kappa shape index (κ3) is 3.68. The summed E-state index contributed by atoms with van der Waals surface area (Å²) in [6, 6.07) is 18.1. The van der Waals surface area contributed by atoms with Crippen molar-refractivity contribution in [3.8, 4) is 5.75 Å². The maximum atomic E-state index is 12.6. The predicted octanol–water partition coefficient (Wildman–Crippen LogP) is 4.23. The van der Waals surface area contributed by atoms with Crippen LogP contribution in [0, 0.1) is 6.92 Å². The summed E-state index contributed by atoms with van der Waals surface area (Å²) in [5.74, 6) is 0.839. The van der Waals surface area contributed by atoms with Gasteiger partial charge in [-0.15, -0.1) is 0 Å². The lowest BCUT2D eigenvalue weighted by Crippen LogP contribution is -2.31. The quantitative estimate of drug-likeness (QED) is 0.732. The van der Waals surface area contributed by atoms with Crippen LogP contribution in [-0.4, -0.2) is 17.6 Å². The standard InChI is InChI=1S/C21H24N2O2/c1-4-19(16-9-11-18(25-3)12-10-16)22-21(24)14-23-15(2)13-17-7-5-6-8-20(17)23/h5-13,19H,4,14H2,1-3H3,(H,22,24). The van der Waals surface area contributed by atoms with Gasteiger partial charge in [0.1, 0.15) is 12.3 Å². The number of hydrogen-bond donors (Lipinski definition) is 1. The zero-order valence-corrected chi connectivity index (χ0v) is 15.0. The SMILES string of the molecule is CCC(NC(=O)Cn1c(C)cc2ccccc21)c1ccc(OC)cc1. The Morgan fingerprint density at radius 3 is 2.56 bits per heavy atom. The second-order valence-corrected chi connectivity index (χ2v) is 6.23. The Balaban J connectivity index is 1.74. The first-order valence-corrected chi connectivity index (χ1v) is 8.60. The van der Waals surface area contributed by atoms with Gasteiger partial charge in [-0.25, -0.2) is 0 Å². The van der Waals surface area contributed by atoms with Crippen molar-refractivity contribution in [1.82, 2.24) is 9.88 Å². The van der Waals surface area contributed by atoms with Crippen LogP contribution in [-0.2, 0) is 11.3 Å². The molecule has 1 amide bonds. The molecular formula is C21H24N2O2. The van der Waals surface area contributed by atoms with Crippen molar-refractivity contribution in [3.05, 3.63) is 65.9 Å². The molecule has 0 aliphatic carbocycles. The minimum absolute atomic E-state index is 0.000499. The highest BCUT2D eigenvalue weighted by atomic mass is 16.5. The number of amides is 1. The summed E-state index contributed by atoms with van der Waals surface area (Å²) >= 11 is 0. The molecule has 0 fully saturated rings. The fourth-order valence-electron chi connectivity index (χ4n) is 3.20. The number of rotatable bonds is 6. The van der Waals surface area contributed by atoms with Crippen molar-refractivity contribution in [2.75, 3.05) is 7.11 Å². The summed E-state index contributed by atoms with van der Waals surface area (Å²) in [4.78, 5) is 12.6. The lowest BCUT2D eigenvalue weighted by atomic mass is 10.0. The number of benzene rings is 2. The Labute approximate surface area is 148 Å². The molecule has 2 aromatic carbocycles. The van der Waals surface area contributed by atoms with Crippen LogP contribution in [0.1, 0.15) is 30.6 Å². The molecule has 25 heavy (non-hydrogen) atoms. The Morgan fingerprint density at radius 2 is 1.88 bits per heavy atom. The number of carbonyl (C=O) groups is 1. The number of nitrogens with zero attached hydrogens (tertiary/aromatic N) is 1. The van der Waals surface area contributed by atoms with Gasteiger partial charge in [-0.3, -0.25) is 4.79 Å². The Kier molecular flexibility index (Phi) is 5.08. The molecule has 0 aliphatic heterocycles. The number of aryl methyl sites for hydroxylation is 1. The normalized spacial score (nSPS) is 12.1. The molecule has 4 nitrogen and oxygen atoms in total. The molecule has 1 unspecified atom stereocenters. The van der Waals surface area contributed by atoms with E-state index in [2.05, 4.69) is 35.0 Å². The maximum Gasteiger partial charge on any atom is 0.240 e. The first kappa shape index (κ1) is 17.1. The molecule has 3 rings (SSSR count). The van der Waals surface area contributed by atoms with Crippen molar-refractivity contribution in [3.63, 3.8) is 0 Å². The van der Waals surface area contributed by atoms with E-state index in [4.69, 9.17) is 4.74 Å². The van der Waals surface area contributed by atoms with Crippen molar-refractivity contribution in [2.24, 2.45) is 0 Å². The molecule has 0 saturated carbocycles. The summed E-state index contributed by atoms with van der Waals surface area (Å²) in [7, 11) is 1.65. The second-order valence-electron chi connectivity index (χ2n) is 6.23. The van der Waals surface area contributed by atoms with Gasteiger partial charge in [0.05, 0.1) is 13.2 Å². The number of aromatic nitrogens is 1. The van der Waals surface area contributed by atoms with Gasteiger partial charge in [-0.1, -0.05) is 37.3 Å². The van der Waals surface area contributed by atoms with Crippen molar-refractivity contribution >= 4 is 16.8 Å². The topological polar surface area (TPSA) is 43.3 Å². The van der Waals surface area contributed by atoms with Crippen molar-refractivity contribution in [1.29, 1.82) is 0 Å². The summed E-state index contributed by atoms with van der Waals surface area (Å²) in [6.07, 6.45) is 0.837. The summed E-state index contributed by atoms with van der Waals surface area (Å²) in [6.45, 7) is 4.44. The maximum absolute atomic E-state index is 12.6. The minimum Gasteiger partial charge on any atom is -0.497 e. The van der Waals surface area contributed by atoms with E-state index in [-0.39, 0.29) is 11.9 Å². The van der Waals surface area contributed by atoms with Gasteiger partial charge >= 0.3 is 0 Å². The minimum atomic E-state index is 0.000499. The molecular weight excluding hydrogens is 312 g/mol. The van der Waals surface area contributed by atoms with Crippen LogP contribution >= 0.6 is 0 Å². The molecule has 0 radical (unpaired) electrons. The summed E-state index contributed by atoms with van der Waals surface area (Å²) in [5.41, 5.74) is 3.27. The monoisotopic (exact) mass is 336 g/mol. The Morgan fingerprint density at radius 1 is 1.16 bits per heavy atom. The number of para-hydroxylation sites is 1. The summed E-state index contributed by atoms with van der Waals surface area (Å²) < 4.78 is 7.26. The Hall–Kier alpha value is -2.75. The van der Waals surface area contributed by atoms with Crippen molar-refractivity contribution < 1.29 is 9.53 Å². The molecule has 0 bridgehead atoms. The van der Waals surface area contributed by atoms with E-state index < -0.39 is 0 Å². The molecule has 3 aromatic rings. The van der Waals surface area contributed by atoms with E-state index in [0.717, 1.165) is 34.3 Å². The highest BCUT2D eigenvalue weighted by Gasteiger charge is 2.15. The molecule has 0 saturated heterocycles. The smallest absolute Gasteiger partial charge is 0.240 e. The van der Waals surface area contributed by atoms with E-state index >= 15 is 0 Å². The van der Waals surface area contributed by atoms with E-state index in [1.54, 1.807) is 7.11 Å². The van der Waals surface area contributed by atoms with Crippen LogP contribution in [0.3, 0.4) is 0 Å². The van der Waals surface area contributed by atoms with Crippen LogP contribution in [0.5, 0.6) is 5.75 Å². The van der Waals surface area contributed by atoms with Gasteiger partial charge in [-0.05, 0) is 48.6 Å². The fraction of sp³-hybridized carbons (Fsp3) is 0.286. The van der Waals surface area contributed by atoms with E-state index in [1.165, 1.54) is 0 Å². The molecule has 130 valence electrons. The predicted molar refractivity (Wildman–Crippen MR) is 101 cm³/mol. The van der Waals surface area contributed by atoms with Gasteiger partial charge in [0, 0.05) is 11.2 Å². The zero-order valence-electron chi connectivity index (χ0n) is 15.0. The number of hydrogen-bond acceptors (Lipinski definition) is 2. The van der Waals surface area contributed by atoms with Crippen LogP contribution in [0.15, 0.2) is 54.6 Å². The summed E-state index contributed by atoms with van der Waals surface area (Å²) in [5, 5.41) is 4.31. The molecule has 1 heterocycles. The molecule has 0 aliphatic rings. The average Bonchev–Trinajstić information content (AvgIpc) is 2.95. The highest BCUT2D eigenvalue weighted by Crippen LogP contribution is 2.21. The van der Waals surface area contributed by atoms with E-state index in [1.807, 2.05) is 43.3 Å². The average molecular weight is 336 g/mol. The largest absolute Gasteiger partial charge is 0.497 e. The third-order valence-electron chi connectivity index (χ3n) is 4.58. The second kappa shape index (κ2) is 7.43. The van der Waals surface area contributed by atoms with Crippen LogP contribution in [0.2, 0.25) is 0 Å². The third-order valence-corrected chi connectivity index (χ3v) is 4.58. The van der Waals surface area contributed by atoms with Crippen LogP contribution < -0.4 is 10.1 Å². The molecule has 1 N–H and O–H groups in total. The highest BCUT2D eigenvalue weighted by molar-refractivity contribution is 5.84. The number of fused-ring (bicyclic) bond motifs is 1.